The van der Waals surface area contributed by atoms with Gasteiger partial charge < -0.3 is 0 Å². The van der Waals surface area contributed by atoms with E-state index in [4.69, 9.17) is 0 Å². The van der Waals surface area contributed by atoms with Gasteiger partial charge in [-0.3, -0.25) is 9.59 Å². The molecule has 0 aromatic rings. The van der Waals surface area contributed by atoms with Gasteiger partial charge in [-0.1, -0.05) is 16.4 Å². The third-order valence-corrected chi connectivity index (χ3v) is 5.24. The van der Waals surface area contributed by atoms with Crippen LogP contribution in [-0.4, -0.2) is 17.2 Å². The fraction of sp³-hybridized carbons (Fsp3) is 0.636. The molecule has 3 aliphatic rings. The summed E-state index contributed by atoms with van der Waals surface area (Å²) >= 11 is -3.98. The van der Waals surface area contributed by atoms with Crippen LogP contribution in [-0.2, 0) is 29.2 Å². The lowest BCUT2D eigenvalue weighted by Gasteiger charge is -2.40. The molecule has 0 radical (unpaired) electrons. The van der Waals surface area contributed by atoms with Crippen LogP contribution in [0.25, 0.3) is 0 Å². The standard InChI is InChI=1S/C11H10F3NO4S/c1-4(16)10-6-3-2-5(7(6)10)8(10)9(17)15-19-20(18)11(12,13)14/h2-3,5-8H,1H3,(H,15,17)/p+1. The van der Waals surface area contributed by atoms with E-state index >= 15 is 0 Å². The van der Waals surface area contributed by atoms with Crippen LogP contribution in [0.3, 0.4) is 0 Å². The highest BCUT2D eigenvalue weighted by Crippen LogP contribution is 2.82. The molecule has 0 bridgehead atoms. The van der Waals surface area contributed by atoms with Crippen molar-refractivity contribution in [2.45, 2.75) is 12.4 Å². The molecule has 0 saturated heterocycles. The number of carbonyl (C=O) groups excluding carboxylic acids is 2. The predicted molar refractivity (Wildman–Crippen MR) is 60.9 cm³/mol. The molecule has 0 aromatic heterocycles. The van der Waals surface area contributed by atoms with Crippen molar-refractivity contribution in [2.75, 3.05) is 0 Å². The Kier molecular flexibility index (Phi) is 2.69. The number of hydroxylamine groups is 1. The molecule has 0 heterocycles. The zero-order valence-electron chi connectivity index (χ0n) is 10.2. The second kappa shape index (κ2) is 3.91. The van der Waals surface area contributed by atoms with Crippen molar-refractivity contribution >= 4 is 22.8 Å². The average Bonchev–Trinajstić information content (AvgIpc) is 2.70. The van der Waals surface area contributed by atoms with Gasteiger partial charge in [0.05, 0.1) is 11.3 Å². The van der Waals surface area contributed by atoms with E-state index in [0.717, 1.165) is 0 Å². The van der Waals surface area contributed by atoms with Gasteiger partial charge >= 0.3 is 16.6 Å². The van der Waals surface area contributed by atoms with E-state index in [1.165, 1.54) is 6.92 Å². The number of rotatable bonds is 4. The molecule has 6 atom stereocenters. The fourth-order valence-electron chi connectivity index (χ4n) is 3.88. The summed E-state index contributed by atoms with van der Waals surface area (Å²) in [7, 11) is 0. The Labute approximate surface area is 114 Å². The maximum atomic E-state index is 12.0. The number of carbonyl (C=O) groups is 2. The second-order valence-corrected chi connectivity index (χ2v) is 6.47. The third-order valence-electron chi connectivity index (χ3n) is 4.56. The first-order valence-corrected chi connectivity index (χ1v) is 7.10. The highest BCUT2D eigenvalue weighted by Gasteiger charge is 2.85. The second-order valence-electron chi connectivity index (χ2n) is 5.26. The van der Waals surface area contributed by atoms with E-state index in [-0.39, 0.29) is 23.5 Å². The van der Waals surface area contributed by atoms with E-state index in [9.17, 15) is 27.0 Å². The van der Waals surface area contributed by atoms with Crippen LogP contribution in [0.5, 0.6) is 0 Å². The molecule has 0 aliphatic heterocycles. The molecule has 5 nitrogen and oxygen atoms in total. The first kappa shape index (κ1) is 13.7. The van der Waals surface area contributed by atoms with Crippen molar-refractivity contribution < 1.29 is 31.3 Å². The van der Waals surface area contributed by atoms with Crippen LogP contribution in [0.1, 0.15) is 6.92 Å². The minimum atomic E-state index is -5.03. The normalized spacial score (nSPS) is 41.6. The van der Waals surface area contributed by atoms with E-state index in [1.807, 2.05) is 6.08 Å². The minimum Gasteiger partial charge on any atom is -0.299 e. The molecule has 2 saturated carbocycles. The van der Waals surface area contributed by atoms with Gasteiger partial charge in [0.25, 0.3) is 5.91 Å². The van der Waals surface area contributed by atoms with Crippen molar-refractivity contribution in [3.05, 3.63) is 12.2 Å². The lowest BCUT2D eigenvalue weighted by molar-refractivity contribution is -0.148. The van der Waals surface area contributed by atoms with Crippen LogP contribution in [0.2, 0.25) is 0 Å². The lowest BCUT2D eigenvalue weighted by atomic mass is 9.61. The zero-order chi connectivity index (χ0) is 14.9. The smallest absolute Gasteiger partial charge is 0.299 e. The van der Waals surface area contributed by atoms with E-state index in [1.54, 1.807) is 11.6 Å². The van der Waals surface area contributed by atoms with Gasteiger partial charge in [0.15, 0.2) is 0 Å². The zero-order valence-corrected chi connectivity index (χ0v) is 11.1. The van der Waals surface area contributed by atoms with Crippen LogP contribution in [0, 0.1) is 29.1 Å². The molecule has 3 rings (SSSR count). The van der Waals surface area contributed by atoms with Crippen LogP contribution in [0.4, 0.5) is 13.2 Å². The number of ketones is 1. The van der Waals surface area contributed by atoms with Gasteiger partial charge in [0.2, 0.25) is 0 Å². The number of Topliss-reactive ketones (excluding diaryl/α,β-unsaturated/α-hetero) is 1. The maximum Gasteiger partial charge on any atom is 0.609 e. The third kappa shape index (κ3) is 1.50. The maximum absolute atomic E-state index is 12.0. The summed E-state index contributed by atoms with van der Waals surface area (Å²) in [6.45, 7) is 1.37. The van der Waals surface area contributed by atoms with Crippen molar-refractivity contribution in [1.29, 1.82) is 0 Å². The monoisotopic (exact) mass is 310 g/mol. The molecule has 1 N–H and O–H groups in total. The Hall–Kier alpha value is -1.22. The van der Waals surface area contributed by atoms with E-state index in [2.05, 4.69) is 4.28 Å². The Balaban J connectivity index is 1.66. The van der Waals surface area contributed by atoms with Crippen molar-refractivity contribution in [3.8, 4) is 0 Å². The van der Waals surface area contributed by atoms with Crippen molar-refractivity contribution in [3.63, 3.8) is 0 Å². The first-order chi connectivity index (χ1) is 9.22. The summed E-state index contributed by atoms with van der Waals surface area (Å²) in [5.74, 6) is -1.74. The quantitative estimate of drug-likeness (QED) is 0.361. The molecular weight excluding hydrogens is 299 g/mol. The van der Waals surface area contributed by atoms with E-state index in [0.29, 0.717) is 0 Å². The summed E-state index contributed by atoms with van der Waals surface area (Å²) in [5.41, 5.74) is -4.22. The largest absolute Gasteiger partial charge is 0.609 e. The molecule has 6 unspecified atom stereocenters. The summed E-state index contributed by atoms with van der Waals surface area (Å²) < 4.78 is 50.6. The number of amides is 1. The predicted octanol–water partition coefficient (Wildman–Crippen LogP) is 0.802. The Morgan fingerprint density at radius 3 is 2.50 bits per heavy atom. The van der Waals surface area contributed by atoms with Gasteiger partial charge in [0.1, 0.15) is 5.78 Å². The number of thiol groups is 1. The fourth-order valence-corrected chi connectivity index (χ4v) is 4.16. The summed E-state index contributed by atoms with van der Waals surface area (Å²) in [6, 6.07) is 0. The van der Waals surface area contributed by atoms with Gasteiger partial charge in [-0.25, -0.2) is 0 Å². The Bertz CT molecular complexity index is 560. The van der Waals surface area contributed by atoms with Gasteiger partial charge in [-0.2, -0.15) is 5.48 Å². The van der Waals surface area contributed by atoms with Gasteiger partial charge in [-0.05, 0) is 29.0 Å². The number of hydrogen-bond acceptors (Lipinski definition) is 4. The molecular formula is C11H11F3NO4S+. The van der Waals surface area contributed by atoms with Gasteiger partial charge in [-0.15, -0.1) is 13.2 Å². The number of nitrogens with one attached hydrogen (secondary N) is 1. The average molecular weight is 310 g/mol. The number of allylic oxidation sites excluding steroid dienone is 2. The SMILES string of the molecule is CC(=O)C12C3C=CC(C1C(=O)NO[SH+](=O)C(F)(F)F)C32. The summed E-state index contributed by atoms with van der Waals surface area (Å²) in [6.07, 6.45) is 3.67. The van der Waals surface area contributed by atoms with Crippen molar-refractivity contribution in [1.82, 2.24) is 5.48 Å². The number of hydrogen-bond donors (Lipinski definition) is 1. The Morgan fingerprint density at radius 1 is 1.35 bits per heavy atom. The van der Waals surface area contributed by atoms with Gasteiger partial charge in [0, 0.05) is 0 Å². The Morgan fingerprint density at radius 2 is 2.00 bits per heavy atom. The molecule has 20 heavy (non-hydrogen) atoms. The molecule has 0 aromatic carbocycles. The van der Waals surface area contributed by atoms with Crippen molar-refractivity contribution in [2.24, 2.45) is 29.1 Å². The van der Waals surface area contributed by atoms with E-state index < -0.39 is 33.8 Å². The van der Waals surface area contributed by atoms with Crippen LogP contribution < -0.4 is 5.48 Å². The molecule has 1 amide bonds. The first-order valence-electron chi connectivity index (χ1n) is 5.92. The highest BCUT2D eigenvalue weighted by molar-refractivity contribution is 7.81. The van der Waals surface area contributed by atoms with Crippen LogP contribution >= 0.6 is 0 Å². The topological polar surface area (TPSA) is 72.5 Å². The summed E-state index contributed by atoms with van der Waals surface area (Å²) in [4.78, 5) is 23.6. The lowest BCUT2D eigenvalue weighted by Crippen LogP contribution is -2.52. The number of halogens is 3. The molecule has 2 fully saturated rings. The summed E-state index contributed by atoms with van der Waals surface area (Å²) in [5, 5.41) is 0. The van der Waals surface area contributed by atoms with Crippen LogP contribution in [0.15, 0.2) is 12.2 Å². The molecule has 110 valence electrons. The highest BCUT2D eigenvalue weighted by atomic mass is 32.2. The molecule has 0 spiro atoms. The number of alkyl halides is 3. The minimum absolute atomic E-state index is 0.00266. The molecule has 9 heteroatoms. The number of fused-ring (bicyclic) bond motifs is 1. The molecule has 3 aliphatic carbocycles.